The van der Waals surface area contributed by atoms with E-state index in [1.54, 1.807) is 25.3 Å². The predicted octanol–water partition coefficient (Wildman–Crippen LogP) is 2.25. The second kappa shape index (κ2) is 4.41. The summed E-state index contributed by atoms with van der Waals surface area (Å²) in [6.45, 7) is 0.366. The Morgan fingerprint density at radius 1 is 1.56 bits per heavy atom. The Labute approximate surface area is 101 Å². The molecule has 0 radical (unpaired) electrons. The minimum atomic E-state index is -0.881. The molecule has 0 aliphatic carbocycles. The average molecular weight is 288 g/mol. The number of alkyl halides is 1. The standard InChI is InChI=1S/C11H11BrFNO2/c1-16-8-2-3-10(12)9(4-8)11(15)14-5-7(13)6-14/h2-4,7H,5-6H2,1H3. The summed E-state index contributed by atoms with van der Waals surface area (Å²) >= 11 is 3.30. The zero-order valence-corrected chi connectivity index (χ0v) is 10.3. The number of rotatable bonds is 2. The Balaban J connectivity index is 2.22. The topological polar surface area (TPSA) is 29.5 Å². The molecule has 1 aromatic rings. The van der Waals surface area contributed by atoms with Crippen molar-refractivity contribution in [3.63, 3.8) is 0 Å². The van der Waals surface area contributed by atoms with Gasteiger partial charge in [0, 0.05) is 4.47 Å². The first-order valence-corrected chi connectivity index (χ1v) is 5.68. The SMILES string of the molecule is COc1ccc(Br)c(C(=O)N2CC(F)C2)c1. The number of hydrogen-bond acceptors (Lipinski definition) is 2. The van der Waals surface area contributed by atoms with Gasteiger partial charge in [-0.05, 0) is 34.1 Å². The first kappa shape index (κ1) is 11.4. The van der Waals surface area contributed by atoms with Gasteiger partial charge in [-0.3, -0.25) is 4.79 Å². The van der Waals surface area contributed by atoms with Crippen LogP contribution in [0, 0.1) is 0 Å². The Bertz CT molecular complexity index is 418. The second-order valence-corrected chi connectivity index (χ2v) is 4.51. The molecule has 3 nitrogen and oxygen atoms in total. The van der Waals surface area contributed by atoms with Crippen molar-refractivity contribution in [1.82, 2.24) is 4.90 Å². The Kier molecular flexibility index (Phi) is 3.14. The molecule has 1 saturated heterocycles. The molecule has 0 N–H and O–H groups in total. The number of carbonyl (C=O) groups is 1. The highest BCUT2D eigenvalue weighted by molar-refractivity contribution is 9.10. The molecule has 5 heteroatoms. The number of hydrogen-bond donors (Lipinski definition) is 0. The molecular formula is C11H11BrFNO2. The average Bonchev–Trinajstić information content (AvgIpc) is 2.25. The van der Waals surface area contributed by atoms with Gasteiger partial charge in [-0.1, -0.05) is 0 Å². The largest absolute Gasteiger partial charge is 0.497 e. The number of halogens is 2. The first-order valence-electron chi connectivity index (χ1n) is 4.88. The van der Waals surface area contributed by atoms with Crippen LogP contribution in [0.2, 0.25) is 0 Å². The van der Waals surface area contributed by atoms with E-state index in [0.29, 0.717) is 15.8 Å². The summed E-state index contributed by atoms with van der Waals surface area (Å²) in [6, 6.07) is 5.16. The summed E-state index contributed by atoms with van der Waals surface area (Å²) in [5, 5.41) is 0. The van der Waals surface area contributed by atoms with Gasteiger partial charge in [0.25, 0.3) is 5.91 Å². The highest BCUT2D eigenvalue weighted by atomic mass is 79.9. The Morgan fingerprint density at radius 3 is 2.81 bits per heavy atom. The summed E-state index contributed by atoms with van der Waals surface area (Å²) in [5.74, 6) is 0.448. The highest BCUT2D eigenvalue weighted by Crippen LogP contribution is 2.25. The van der Waals surface area contributed by atoms with Gasteiger partial charge >= 0.3 is 0 Å². The summed E-state index contributed by atoms with van der Waals surface area (Å²) in [6.07, 6.45) is -0.881. The van der Waals surface area contributed by atoms with Crippen LogP contribution in [0.1, 0.15) is 10.4 Å². The normalized spacial score (nSPS) is 15.8. The number of nitrogens with zero attached hydrogens (tertiary/aromatic N) is 1. The lowest BCUT2D eigenvalue weighted by molar-refractivity contribution is 0.0399. The quantitative estimate of drug-likeness (QED) is 0.835. The third-order valence-corrected chi connectivity index (χ3v) is 3.22. The van der Waals surface area contributed by atoms with E-state index in [4.69, 9.17) is 4.74 Å². The van der Waals surface area contributed by atoms with Crippen LogP contribution in [0.25, 0.3) is 0 Å². The van der Waals surface area contributed by atoms with Gasteiger partial charge in [0.1, 0.15) is 11.9 Å². The van der Waals surface area contributed by atoms with Crippen molar-refractivity contribution >= 4 is 21.8 Å². The maximum absolute atomic E-state index is 12.7. The number of amides is 1. The van der Waals surface area contributed by atoms with Crippen molar-refractivity contribution in [3.8, 4) is 5.75 Å². The fourth-order valence-electron chi connectivity index (χ4n) is 1.56. The molecule has 1 heterocycles. The van der Waals surface area contributed by atoms with E-state index in [2.05, 4.69) is 15.9 Å². The van der Waals surface area contributed by atoms with Gasteiger partial charge in [-0.15, -0.1) is 0 Å². The Morgan fingerprint density at radius 2 is 2.25 bits per heavy atom. The first-order chi connectivity index (χ1) is 7.61. The molecule has 0 atom stereocenters. The Hall–Kier alpha value is -1.10. The minimum absolute atomic E-state index is 0.167. The molecule has 1 fully saturated rings. The molecule has 0 aromatic heterocycles. The molecule has 0 bridgehead atoms. The number of likely N-dealkylation sites (tertiary alicyclic amines) is 1. The van der Waals surface area contributed by atoms with Crippen molar-refractivity contribution in [2.75, 3.05) is 20.2 Å². The summed E-state index contributed by atoms with van der Waals surface area (Å²) in [4.78, 5) is 13.4. The molecule has 86 valence electrons. The minimum Gasteiger partial charge on any atom is -0.497 e. The van der Waals surface area contributed by atoms with Crippen molar-refractivity contribution in [2.45, 2.75) is 6.17 Å². The highest BCUT2D eigenvalue weighted by Gasteiger charge is 2.31. The smallest absolute Gasteiger partial charge is 0.255 e. The fraction of sp³-hybridized carbons (Fsp3) is 0.364. The van der Waals surface area contributed by atoms with Gasteiger partial charge in [0.2, 0.25) is 0 Å². The van der Waals surface area contributed by atoms with E-state index in [1.165, 1.54) is 4.90 Å². The van der Waals surface area contributed by atoms with Crippen LogP contribution in [-0.4, -0.2) is 37.2 Å². The summed E-state index contributed by atoms with van der Waals surface area (Å²) in [7, 11) is 1.54. The van der Waals surface area contributed by atoms with Crippen LogP contribution in [0.5, 0.6) is 5.75 Å². The fourth-order valence-corrected chi connectivity index (χ4v) is 1.97. The molecule has 16 heavy (non-hydrogen) atoms. The number of benzene rings is 1. The predicted molar refractivity (Wildman–Crippen MR) is 61.5 cm³/mol. The van der Waals surface area contributed by atoms with Gasteiger partial charge < -0.3 is 9.64 Å². The molecule has 0 spiro atoms. The zero-order chi connectivity index (χ0) is 11.7. The molecule has 1 aromatic carbocycles. The van der Waals surface area contributed by atoms with E-state index in [-0.39, 0.29) is 19.0 Å². The van der Waals surface area contributed by atoms with Crippen molar-refractivity contribution in [1.29, 1.82) is 0 Å². The van der Waals surface area contributed by atoms with Gasteiger partial charge in [0.15, 0.2) is 0 Å². The molecular weight excluding hydrogens is 277 g/mol. The van der Waals surface area contributed by atoms with Crippen LogP contribution in [0.15, 0.2) is 22.7 Å². The van der Waals surface area contributed by atoms with E-state index in [1.807, 2.05) is 0 Å². The van der Waals surface area contributed by atoms with Crippen LogP contribution in [0.4, 0.5) is 4.39 Å². The number of ether oxygens (including phenoxy) is 1. The van der Waals surface area contributed by atoms with E-state index >= 15 is 0 Å². The lowest BCUT2D eigenvalue weighted by atomic mass is 10.1. The number of methoxy groups -OCH3 is 1. The van der Waals surface area contributed by atoms with Crippen LogP contribution >= 0.6 is 15.9 Å². The maximum Gasteiger partial charge on any atom is 0.255 e. The van der Waals surface area contributed by atoms with Gasteiger partial charge in [0.05, 0.1) is 25.8 Å². The zero-order valence-electron chi connectivity index (χ0n) is 8.74. The molecule has 0 saturated carbocycles. The van der Waals surface area contributed by atoms with E-state index < -0.39 is 6.17 Å². The summed E-state index contributed by atoms with van der Waals surface area (Å²) < 4.78 is 18.4. The monoisotopic (exact) mass is 287 g/mol. The number of carbonyl (C=O) groups excluding carboxylic acids is 1. The van der Waals surface area contributed by atoms with Gasteiger partial charge in [-0.25, -0.2) is 4.39 Å². The third-order valence-electron chi connectivity index (χ3n) is 2.53. The van der Waals surface area contributed by atoms with Crippen molar-refractivity contribution in [2.24, 2.45) is 0 Å². The van der Waals surface area contributed by atoms with Crippen molar-refractivity contribution in [3.05, 3.63) is 28.2 Å². The summed E-state index contributed by atoms with van der Waals surface area (Å²) in [5.41, 5.74) is 0.506. The van der Waals surface area contributed by atoms with E-state index in [0.717, 1.165) is 0 Å². The third kappa shape index (κ3) is 2.04. The lowest BCUT2D eigenvalue weighted by Crippen LogP contribution is -2.51. The molecule has 1 aliphatic heterocycles. The second-order valence-electron chi connectivity index (χ2n) is 3.65. The van der Waals surface area contributed by atoms with E-state index in [9.17, 15) is 9.18 Å². The maximum atomic E-state index is 12.7. The van der Waals surface area contributed by atoms with Gasteiger partial charge in [-0.2, -0.15) is 0 Å². The van der Waals surface area contributed by atoms with Crippen LogP contribution < -0.4 is 4.74 Å². The molecule has 0 unspecified atom stereocenters. The molecule has 1 amide bonds. The lowest BCUT2D eigenvalue weighted by Gasteiger charge is -2.34. The van der Waals surface area contributed by atoms with Crippen LogP contribution in [0.3, 0.4) is 0 Å². The molecule has 2 rings (SSSR count). The van der Waals surface area contributed by atoms with Crippen LogP contribution in [-0.2, 0) is 0 Å². The van der Waals surface area contributed by atoms with Crippen molar-refractivity contribution < 1.29 is 13.9 Å². The molecule has 1 aliphatic rings.